The summed E-state index contributed by atoms with van der Waals surface area (Å²) in [6.45, 7) is 4.53. The molecule has 0 aliphatic rings. The van der Waals surface area contributed by atoms with E-state index in [9.17, 15) is 4.79 Å². The molecule has 0 fully saturated rings. The van der Waals surface area contributed by atoms with Gasteiger partial charge in [-0.25, -0.2) is 0 Å². The first-order chi connectivity index (χ1) is 11.6. The van der Waals surface area contributed by atoms with Gasteiger partial charge in [0.05, 0.1) is 0 Å². The molecule has 0 atom stereocenters. The number of ketones is 1. The quantitative estimate of drug-likeness (QED) is 0.650. The number of aryl methyl sites for hydroxylation is 2. The molecule has 3 aromatic rings. The Labute approximate surface area is 143 Å². The van der Waals surface area contributed by atoms with Crippen molar-refractivity contribution in [2.24, 2.45) is 0 Å². The number of carbonyl (C=O) groups is 1. The van der Waals surface area contributed by atoms with Gasteiger partial charge in [-0.05, 0) is 42.2 Å². The van der Waals surface area contributed by atoms with Crippen LogP contribution < -0.4 is 4.57 Å². The van der Waals surface area contributed by atoms with Crippen molar-refractivity contribution in [3.05, 3.63) is 89.7 Å². The van der Waals surface area contributed by atoms with E-state index in [2.05, 4.69) is 44.2 Å². The van der Waals surface area contributed by atoms with Gasteiger partial charge in [-0.2, -0.15) is 4.57 Å². The van der Waals surface area contributed by atoms with Crippen molar-refractivity contribution in [2.45, 2.75) is 26.8 Å². The average molecular weight is 316 g/mol. The van der Waals surface area contributed by atoms with Gasteiger partial charge in [0.25, 0.3) is 0 Å². The molecule has 0 saturated heterocycles. The van der Waals surface area contributed by atoms with Gasteiger partial charge < -0.3 is 0 Å². The molecular weight excluding hydrogens is 294 g/mol. The molecule has 0 N–H and O–H groups in total. The minimum atomic E-state index is 0.225. The highest BCUT2D eigenvalue weighted by atomic mass is 16.1. The van der Waals surface area contributed by atoms with Crippen molar-refractivity contribution in [1.29, 1.82) is 0 Å². The standard InChI is InChI=1S/C22H22NO/c1-17-8-6-9-18(2)22(17)14-21(24)16-23-13-7-12-20(15-23)19-10-4-3-5-11-19/h3-13,15H,14,16H2,1-2H3/q+1. The summed E-state index contributed by atoms with van der Waals surface area (Å²) < 4.78 is 1.97. The number of nitrogens with zero attached hydrogens (tertiary/aromatic N) is 1. The molecule has 0 radical (unpaired) electrons. The molecule has 0 aliphatic heterocycles. The molecule has 0 amide bonds. The van der Waals surface area contributed by atoms with Crippen LogP contribution in [0.1, 0.15) is 16.7 Å². The summed E-state index contributed by atoms with van der Waals surface area (Å²) in [4.78, 5) is 12.5. The maximum Gasteiger partial charge on any atom is 0.206 e. The Balaban J connectivity index is 1.76. The van der Waals surface area contributed by atoms with Crippen LogP contribution in [0.4, 0.5) is 0 Å². The Hall–Kier alpha value is -2.74. The maximum absolute atomic E-state index is 12.5. The third kappa shape index (κ3) is 3.77. The molecule has 120 valence electrons. The number of carbonyl (C=O) groups excluding carboxylic acids is 1. The van der Waals surface area contributed by atoms with E-state index in [1.54, 1.807) is 0 Å². The second-order valence-corrected chi connectivity index (χ2v) is 6.22. The molecule has 2 aromatic carbocycles. The van der Waals surface area contributed by atoms with Crippen molar-refractivity contribution in [2.75, 3.05) is 0 Å². The molecule has 3 rings (SSSR count). The molecule has 2 nitrogen and oxygen atoms in total. The Morgan fingerprint density at radius 1 is 0.833 bits per heavy atom. The zero-order valence-electron chi connectivity index (χ0n) is 14.2. The second-order valence-electron chi connectivity index (χ2n) is 6.22. The van der Waals surface area contributed by atoms with Crippen LogP contribution in [0.5, 0.6) is 0 Å². The van der Waals surface area contributed by atoms with Crippen LogP contribution in [0.25, 0.3) is 11.1 Å². The predicted octanol–water partition coefficient (Wildman–Crippen LogP) is 4.07. The first kappa shape index (κ1) is 16.1. The average Bonchev–Trinajstić information content (AvgIpc) is 2.59. The lowest BCUT2D eigenvalue weighted by Gasteiger charge is -2.08. The zero-order chi connectivity index (χ0) is 16.9. The van der Waals surface area contributed by atoms with Crippen molar-refractivity contribution in [3.8, 4) is 11.1 Å². The summed E-state index contributed by atoms with van der Waals surface area (Å²) in [5.74, 6) is 0.225. The first-order valence-electron chi connectivity index (χ1n) is 8.25. The summed E-state index contributed by atoms with van der Waals surface area (Å²) >= 11 is 0. The lowest BCUT2D eigenvalue weighted by atomic mass is 9.98. The van der Waals surface area contributed by atoms with Crippen molar-refractivity contribution in [3.63, 3.8) is 0 Å². The van der Waals surface area contributed by atoms with Crippen LogP contribution in [-0.2, 0) is 17.8 Å². The first-order valence-corrected chi connectivity index (χ1v) is 8.25. The fourth-order valence-electron chi connectivity index (χ4n) is 3.01. The number of Topliss-reactive ketones (excluding diaryl/α,β-unsaturated/α-hetero) is 1. The number of benzene rings is 2. The van der Waals surface area contributed by atoms with Gasteiger partial charge in [0, 0.05) is 18.1 Å². The molecule has 1 heterocycles. The summed E-state index contributed by atoms with van der Waals surface area (Å²) in [6, 6.07) is 20.5. The summed E-state index contributed by atoms with van der Waals surface area (Å²) in [5, 5.41) is 0. The van der Waals surface area contributed by atoms with Crippen molar-refractivity contribution >= 4 is 5.78 Å². The largest absolute Gasteiger partial charge is 0.292 e. The summed E-state index contributed by atoms with van der Waals surface area (Å²) in [5.41, 5.74) is 5.81. The smallest absolute Gasteiger partial charge is 0.206 e. The van der Waals surface area contributed by atoms with Crippen LogP contribution in [0.15, 0.2) is 73.1 Å². The summed E-state index contributed by atoms with van der Waals surface area (Å²) in [6.07, 6.45) is 4.48. The Morgan fingerprint density at radius 2 is 1.50 bits per heavy atom. The molecule has 0 unspecified atom stereocenters. The van der Waals surface area contributed by atoms with Gasteiger partial charge in [-0.1, -0.05) is 48.5 Å². The van der Waals surface area contributed by atoms with E-state index in [0.29, 0.717) is 13.0 Å². The highest BCUT2D eigenvalue weighted by Gasteiger charge is 2.14. The topological polar surface area (TPSA) is 20.9 Å². The monoisotopic (exact) mass is 316 g/mol. The Morgan fingerprint density at radius 3 is 2.21 bits per heavy atom. The van der Waals surface area contributed by atoms with Gasteiger partial charge in [0.1, 0.15) is 0 Å². The third-order valence-electron chi connectivity index (χ3n) is 4.34. The van der Waals surface area contributed by atoms with Gasteiger partial charge in [-0.15, -0.1) is 0 Å². The summed E-state index contributed by atoms with van der Waals surface area (Å²) in [7, 11) is 0. The Bertz CT molecular complexity index is 833. The lowest BCUT2D eigenvalue weighted by Crippen LogP contribution is -2.38. The number of hydrogen-bond acceptors (Lipinski definition) is 1. The number of aromatic nitrogens is 1. The van der Waals surface area contributed by atoms with Crippen LogP contribution in [-0.4, -0.2) is 5.78 Å². The van der Waals surface area contributed by atoms with E-state index in [1.165, 1.54) is 11.1 Å². The van der Waals surface area contributed by atoms with Gasteiger partial charge in [0.15, 0.2) is 12.4 Å². The second kappa shape index (κ2) is 7.22. The molecule has 24 heavy (non-hydrogen) atoms. The Kier molecular flexibility index (Phi) is 4.85. The highest BCUT2D eigenvalue weighted by molar-refractivity contribution is 5.80. The van der Waals surface area contributed by atoms with E-state index in [1.807, 2.05) is 47.3 Å². The number of pyridine rings is 1. The molecule has 0 aliphatic carbocycles. The minimum Gasteiger partial charge on any atom is -0.292 e. The normalized spacial score (nSPS) is 10.6. The van der Waals surface area contributed by atoms with E-state index >= 15 is 0 Å². The predicted molar refractivity (Wildman–Crippen MR) is 96.7 cm³/mol. The molecule has 0 spiro atoms. The molecule has 2 heteroatoms. The highest BCUT2D eigenvalue weighted by Crippen LogP contribution is 2.16. The molecule has 0 saturated carbocycles. The third-order valence-corrected chi connectivity index (χ3v) is 4.34. The van der Waals surface area contributed by atoms with Crippen LogP contribution in [0.3, 0.4) is 0 Å². The number of hydrogen-bond donors (Lipinski definition) is 0. The van der Waals surface area contributed by atoms with Crippen LogP contribution in [0.2, 0.25) is 0 Å². The SMILES string of the molecule is Cc1cccc(C)c1CC(=O)C[n+]1cccc(-c2ccccc2)c1. The maximum atomic E-state index is 12.5. The number of rotatable bonds is 5. The van der Waals surface area contributed by atoms with E-state index in [-0.39, 0.29) is 5.78 Å². The van der Waals surface area contributed by atoms with E-state index < -0.39 is 0 Å². The van der Waals surface area contributed by atoms with Crippen LogP contribution >= 0.6 is 0 Å². The minimum absolute atomic E-state index is 0.225. The fourth-order valence-corrected chi connectivity index (χ4v) is 3.01. The van der Waals surface area contributed by atoms with Gasteiger partial charge >= 0.3 is 0 Å². The van der Waals surface area contributed by atoms with E-state index in [4.69, 9.17) is 0 Å². The zero-order valence-corrected chi connectivity index (χ0v) is 14.2. The van der Waals surface area contributed by atoms with Crippen molar-refractivity contribution < 1.29 is 9.36 Å². The molecule has 1 aromatic heterocycles. The lowest BCUT2D eigenvalue weighted by molar-refractivity contribution is -0.683. The van der Waals surface area contributed by atoms with Gasteiger partial charge in [-0.3, -0.25) is 4.79 Å². The van der Waals surface area contributed by atoms with E-state index in [0.717, 1.165) is 16.7 Å². The van der Waals surface area contributed by atoms with Gasteiger partial charge in [0.2, 0.25) is 12.3 Å². The molecule has 0 bridgehead atoms. The van der Waals surface area contributed by atoms with Crippen LogP contribution in [0, 0.1) is 13.8 Å². The van der Waals surface area contributed by atoms with Crippen molar-refractivity contribution in [1.82, 2.24) is 0 Å². The fraction of sp³-hybridized carbons (Fsp3) is 0.182. The molecular formula is C22H22NO+.